The van der Waals surface area contributed by atoms with Gasteiger partial charge in [-0.3, -0.25) is 15.2 Å². The number of hydrazine groups is 1. The maximum Gasteiger partial charge on any atom is 0.340 e. The van der Waals surface area contributed by atoms with E-state index in [2.05, 4.69) is 26.0 Å². The van der Waals surface area contributed by atoms with Crippen LogP contribution < -0.4 is 15.6 Å². The summed E-state index contributed by atoms with van der Waals surface area (Å²) in [4.78, 5) is 20.3. The Kier molecular flexibility index (Phi) is 6.44. The number of nitrogens with zero attached hydrogens (tertiary/aromatic N) is 3. The Morgan fingerprint density at radius 3 is 2.77 bits per heavy atom. The first-order valence-corrected chi connectivity index (χ1v) is 10.3. The zero-order valence-corrected chi connectivity index (χ0v) is 17.1. The molecule has 4 rings (SSSR count). The Labute approximate surface area is 179 Å². The zero-order chi connectivity index (χ0) is 20.8. The Morgan fingerprint density at radius 1 is 1.17 bits per heavy atom. The van der Waals surface area contributed by atoms with Crippen molar-refractivity contribution in [2.24, 2.45) is 0 Å². The van der Waals surface area contributed by atoms with Gasteiger partial charge in [0.1, 0.15) is 5.75 Å². The van der Waals surface area contributed by atoms with Gasteiger partial charge in [0.2, 0.25) is 5.82 Å². The molecule has 0 aliphatic heterocycles. The fourth-order valence-electron chi connectivity index (χ4n) is 3.58. The molecule has 1 saturated carbocycles. The molecule has 0 atom stereocenters. The maximum absolute atomic E-state index is 12.2. The number of nitrogens with one attached hydrogen (secondary N) is 2. The molecule has 1 aliphatic rings. The highest BCUT2D eigenvalue weighted by Gasteiger charge is 2.20. The Hall–Kier alpha value is -3.13. The molecule has 0 radical (unpaired) electrons. The molecule has 8 nitrogen and oxygen atoms in total. The molecule has 3 aromatic rings. The lowest BCUT2D eigenvalue weighted by atomic mass is 9.84. The molecule has 1 aliphatic carbocycles. The highest BCUT2D eigenvalue weighted by Crippen LogP contribution is 2.38. The lowest BCUT2D eigenvalue weighted by Gasteiger charge is -2.24. The van der Waals surface area contributed by atoms with E-state index in [1.165, 1.54) is 19.3 Å². The molecule has 156 valence electrons. The number of benzene rings is 1. The minimum atomic E-state index is -0.372. The van der Waals surface area contributed by atoms with Crippen LogP contribution in [0.4, 0.5) is 6.01 Å². The molecular weight excluding hydrogens is 406 g/mol. The predicted molar refractivity (Wildman–Crippen MR) is 112 cm³/mol. The molecule has 30 heavy (non-hydrogen) atoms. The number of aromatic nitrogens is 3. The summed E-state index contributed by atoms with van der Waals surface area (Å²) in [6, 6.07) is 9.14. The highest BCUT2D eigenvalue weighted by molar-refractivity contribution is 6.30. The van der Waals surface area contributed by atoms with Gasteiger partial charge in [0.15, 0.2) is 6.61 Å². The van der Waals surface area contributed by atoms with Crippen LogP contribution in [0.1, 0.15) is 43.6 Å². The zero-order valence-electron chi connectivity index (χ0n) is 16.3. The van der Waals surface area contributed by atoms with E-state index in [1.807, 2.05) is 12.1 Å². The van der Waals surface area contributed by atoms with Crippen LogP contribution >= 0.6 is 11.6 Å². The third-order valence-corrected chi connectivity index (χ3v) is 5.28. The van der Waals surface area contributed by atoms with Crippen LogP contribution in [0.5, 0.6) is 5.75 Å². The second-order valence-corrected chi connectivity index (χ2v) is 7.57. The van der Waals surface area contributed by atoms with Gasteiger partial charge in [-0.05, 0) is 54.7 Å². The summed E-state index contributed by atoms with van der Waals surface area (Å²) in [6.45, 7) is -0.153. The lowest BCUT2D eigenvalue weighted by Crippen LogP contribution is -2.33. The van der Waals surface area contributed by atoms with Crippen LogP contribution in [0.25, 0.3) is 11.4 Å². The van der Waals surface area contributed by atoms with E-state index >= 15 is 0 Å². The number of hydrogen-bond acceptors (Lipinski definition) is 7. The first kappa shape index (κ1) is 20.2. The van der Waals surface area contributed by atoms with E-state index in [-0.39, 0.29) is 18.5 Å². The fraction of sp³-hybridized carbons (Fsp3) is 0.333. The number of carbonyl (C=O) groups is 1. The molecule has 2 aromatic heterocycles. The van der Waals surface area contributed by atoms with Crippen LogP contribution in [0.15, 0.2) is 47.2 Å². The average Bonchev–Trinajstić information content (AvgIpc) is 3.27. The van der Waals surface area contributed by atoms with E-state index in [0.29, 0.717) is 22.5 Å². The molecule has 2 heterocycles. The van der Waals surface area contributed by atoms with Gasteiger partial charge in [-0.2, -0.15) is 4.98 Å². The van der Waals surface area contributed by atoms with Crippen LogP contribution in [-0.2, 0) is 4.79 Å². The molecule has 9 heteroatoms. The van der Waals surface area contributed by atoms with Gasteiger partial charge in [-0.15, -0.1) is 0 Å². The Balaban J connectivity index is 1.32. The monoisotopic (exact) mass is 427 g/mol. The summed E-state index contributed by atoms with van der Waals surface area (Å²) in [6.07, 6.45) is 9.16. The first-order chi connectivity index (χ1) is 14.7. The fourth-order valence-corrected chi connectivity index (χ4v) is 3.76. The van der Waals surface area contributed by atoms with Crippen LogP contribution in [0.3, 0.4) is 0 Å². The topological polar surface area (TPSA) is 102 Å². The van der Waals surface area contributed by atoms with Crippen molar-refractivity contribution in [1.82, 2.24) is 20.6 Å². The van der Waals surface area contributed by atoms with E-state index in [4.69, 9.17) is 20.9 Å². The molecule has 0 spiro atoms. The maximum atomic E-state index is 12.2. The van der Waals surface area contributed by atoms with Gasteiger partial charge in [-0.1, -0.05) is 36.0 Å². The van der Waals surface area contributed by atoms with Gasteiger partial charge < -0.3 is 9.26 Å². The number of hydrogen-bond donors (Lipinski definition) is 2. The Bertz CT molecular complexity index is 989. The number of halogens is 1. The van der Waals surface area contributed by atoms with E-state index in [0.717, 1.165) is 24.0 Å². The van der Waals surface area contributed by atoms with Crippen molar-refractivity contribution in [2.45, 2.75) is 38.0 Å². The van der Waals surface area contributed by atoms with E-state index in [1.54, 1.807) is 30.6 Å². The predicted octanol–water partition coefficient (Wildman–Crippen LogP) is 4.35. The van der Waals surface area contributed by atoms with E-state index < -0.39 is 0 Å². The minimum Gasteiger partial charge on any atom is -0.483 e. The molecule has 1 aromatic carbocycles. The van der Waals surface area contributed by atoms with Crippen LogP contribution in [0, 0.1) is 0 Å². The van der Waals surface area contributed by atoms with Crippen molar-refractivity contribution in [2.75, 3.05) is 12.0 Å². The molecule has 0 unspecified atom stereocenters. The average molecular weight is 428 g/mol. The molecule has 1 amide bonds. The van der Waals surface area contributed by atoms with Crippen LogP contribution in [0.2, 0.25) is 5.02 Å². The number of ether oxygens (including phenoxy) is 1. The second-order valence-electron chi connectivity index (χ2n) is 7.14. The Morgan fingerprint density at radius 2 is 1.97 bits per heavy atom. The van der Waals surface area contributed by atoms with Gasteiger partial charge in [0.05, 0.1) is 0 Å². The number of pyridine rings is 1. The number of amides is 1. The highest BCUT2D eigenvalue weighted by atomic mass is 35.5. The molecule has 0 bridgehead atoms. The van der Waals surface area contributed by atoms with Gasteiger partial charge in [-0.25, -0.2) is 5.43 Å². The summed E-state index contributed by atoms with van der Waals surface area (Å²) in [5.41, 5.74) is 6.93. The molecular formula is C21H22ClN5O3. The SMILES string of the molecule is O=C(COc1ccc(Cl)cc1C1CCCCC1)NNc1nc(-c2ccncc2)no1. The standard InChI is InChI=1S/C21H22ClN5O3/c22-16-6-7-18(17(12-16)14-4-2-1-3-5-14)29-13-19(28)25-26-21-24-20(27-30-21)15-8-10-23-11-9-15/h6-12,14H,1-5,13H2,(H,25,28)(H,24,26,27). The summed E-state index contributed by atoms with van der Waals surface area (Å²) in [7, 11) is 0. The van der Waals surface area contributed by atoms with Gasteiger partial charge in [0, 0.05) is 23.0 Å². The number of carbonyl (C=O) groups excluding carboxylic acids is 1. The number of anilines is 1. The minimum absolute atomic E-state index is 0.0737. The van der Waals surface area contributed by atoms with Gasteiger partial charge in [0.25, 0.3) is 5.91 Å². The lowest BCUT2D eigenvalue weighted by molar-refractivity contribution is -0.122. The second kappa shape index (κ2) is 9.58. The van der Waals surface area contributed by atoms with Crippen molar-refractivity contribution in [3.63, 3.8) is 0 Å². The first-order valence-electron chi connectivity index (χ1n) is 9.90. The number of rotatable bonds is 7. The summed E-state index contributed by atoms with van der Waals surface area (Å²) in [5.74, 6) is 1.13. The van der Waals surface area contributed by atoms with E-state index in [9.17, 15) is 4.79 Å². The van der Waals surface area contributed by atoms with Crippen molar-refractivity contribution < 1.29 is 14.1 Å². The quantitative estimate of drug-likeness (QED) is 0.540. The van der Waals surface area contributed by atoms with Crippen molar-refractivity contribution in [1.29, 1.82) is 0 Å². The molecule has 1 fully saturated rings. The summed E-state index contributed by atoms with van der Waals surface area (Å²) in [5, 5.41) is 4.53. The third-order valence-electron chi connectivity index (χ3n) is 5.05. The molecule has 0 saturated heterocycles. The van der Waals surface area contributed by atoms with Gasteiger partial charge >= 0.3 is 6.01 Å². The normalized spacial score (nSPS) is 14.3. The van der Waals surface area contributed by atoms with Crippen molar-refractivity contribution in [3.05, 3.63) is 53.3 Å². The smallest absolute Gasteiger partial charge is 0.340 e. The molecule has 2 N–H and O–H groups in total. The van der Waals surface area contributed by atoms with Crippen LogP contribution in [-0.4, -0.2) is 27.6 Å². The summed E-state index contributed by atoms with van der Waals surface area (Å²) < 4.78 is 10.9. The summed E-state index contributed by atoms with van der Waals surface area (Å²) >= 11 is 6.19. The largest absolute Gasteiger partial charge is 0.483 e. The van der Waals surface area contributed by atoms with Crippen molar-refractivity contribution >= 4 is 23.5 Å². The van der Waals surface area contributed by atoms with Crippen molar-refractivity contribution in [3.8, 4) is 17.1 Å². The third kappa shape index (κ3) is 5.07.